The van der Waals surface area contributed by atoms with Crippen LogP contribution in [0.2, 0.25) is 0 Å². The fourth-order valence-electron chi connectivity index (χ4n) is 3.92. The number of methoxy groups -OCH3 is 1. The van der Waals surface area contributed by atoms with Crippen LogP contribution in [0.25, 0.3) is 0 Å². The molecule has 0 bridgehead atoms. The maximum absolute atomic E-state index is 13.2. The predicted molar refractivity (Wildman–Crippen MR) is 106 cm³/mol. The van der Waals surface area contributed by atoms with E-state index in [2.05, 4.69) is 43.2 Å². The minimum atomic E-state index is 0.0812. The summed E-state index contributed by atoms with van der Waals surface area (Å²) in [5, 5.41) is 4.39. The Balaban J connectivity index is 1.82. The van der Waals surface area contributed by atoms with Gasteiger partial charge in [0.2, 0.25) is 0 Å². The second-order valence-corrected chi connectivity index (χ2v) is 7.49. The molecule has 1 aromatic carbocycles. The first kappa shape index (κ1) is 19.4. The van der Waals surface area contributed by atoms with Gasteiger partial charge in [-0.25, -0.2) is 0 Å². The van der Waals surface area contributed by atoms with Gasteiger partial charge >= 0.3 is 0 Å². The van der Waals surface area contributed by atoms with E-state index in [0.29, 0.717) is 6.54 Å². The molecule has 3 rings (SSSR count). The average molecular weight is 370 g/mol. The van der Waals surface area contributed by atoms with Gasteiger partial charge in [0, 0.05) is 37.3 Å². The van der Waals surface area contributed by atoms with Gasteiger partial charge in [-0.2, -0.15) is 5.10 Å². The molecular formula is C21H30N4O2. The lowest BCUT2D eigenvalue weighted by molar-refractivity contribution is 0.0781. The summed E-state index contributed by atoms with van der Waals surface area (Å²) >= 11 is 0. The molecule has 146 valence electrons. The van der Waals surface area contributed by atoms with Crippen LogP contribution in [0.5, 0.6) is 5.75 Å². The molecule has 1 saturated heterocycles. The molecule has 0 radical (unpaired) electrons. The van der Waals surface area contributed by atoms with Crippen molar-refractivity contribution < 1.29 is 9.53 Å². The molecule has 27 heavy (non-hydrogen) atoms. The Morgan fingerprint density at radius 1 is 1.26 bits per heavy atom. The van der Waals surface area contributed by atoms with Gasteiger partial charge in [-0.1, -0.05) is 19.1 Å². The third-order valence-corrected chi connectivity index (χ3v) is 5.55. The van der Waals surface area contributed by atoms with Gasteiger partial charge in [0.1, 0.15) is 5.75 Å². The first-order chi connectivity index (χ1) is 13.0. The Bertz CT molecular complexity index is 782. The Kier molecular flexibility index (Phi) is 5.85. The molecule has 0 aliphatic carbocycles. The molecule has 1 aliphatic rings. The van der Waals surface area contributed by atoms with Crippen LogP contribution in [0.15, 0.2) is 30.5 Å². The third kappa shape index (κ3) is 3.86. The van der Waals surface area contributed by atoms with Crippen molar-refractivity contribution >= 4 is 5.91 Å². The summed E-state index contributed by atoms with van der Waals surface area (Å²) in [6.45, 7) is 6.38. The number of likely N-dealkylation sites (tertiary alicyclic amines) is 1. The number of aryl methyl sites for hydroxylation is 1. The molecule has 6 heteroatoms. The number of carbonyl (C=O) groups excluding carboxylic acids is 1. The summed E-state index contributed by atoms with van der Waals surface area (Å²) in [6, 6.07) is 8.49. The van der Waals surface area contributed by atoms with Crippen molar-refractivity contribution in [2.24, 2.45) is 0 Å². The number of hydrogen-bond donors (Lipinski definition) is 0. The average Bonchev–Trinajstić information content (AvgIpc) is 3.27. The SMILES string of the molecule is CCCn1ncc(C(=O)N2C[C@@H](N(C)C)[C@H](c3ccc(OC)cc3)C2)c1C. The van der Waals surface area contributed by atoms with Gasteiger partial charge in [0.15, 0.2) is 0 Å². The van der Waals surface area contributed by atoms with Crippen LogP contribution in [0.4, 0.5) is 0 Å². The number of ether oxygens (including phenoxy) is 1. The number of likely N-dealkylation sites (N-methyl/N-ethyl adjacent to an activating group) is 1. The highest BCUT2D eigenvalue weighted by Crippen LogP contribution is 2.32. The first-order valence-electron chi connectivity index (χ1n) is 9.58. The minimum Gasteiger partial charge on any atom is -0.497 e. The van der Waals surface area contributed by atoms with E-state index in [9.17, 15) is 4.79 Å². The monoisotopic (exact) mass is 370 g/mol. The summed E-state index contributed by atoms with van der Waals surface area (Å²) in [7, 11) is 5.84. The molecule has 0 saturated carbocycles. The second kappa shape index (κ2) is 8.13. The van der Waals surface area contributed by atoms with Crippen molar-refractivity contribution in [2.45, 2.75) is 38.8 Å². The molecule has 0 N–H and O–H groups in total. The van der Waals surface area contributed by atoms with Crippen LogP contribution in [0, 0.1) is 6.92 Å². The quantitative estimate of drug-likeness (QED) is 0.785. The van der Waals surface area contributed by atoms with Crippen LogP contribution in [-0.4, -0.2) is 65.8 Å². The summed E-state index contributed by atoms with van der Waals surface area (Å²) in [5.41, 5.74) is 2.91. The molecular weight excluding hydrogens is 340 g/mol. The fourth-order valence-corrected chi connectivity index (χ4v) is 3.92. The molecule has 1 aliphatic heterocycles. The lowest BCUT2D eigenvalue weighted by atomic mass is 9.93. The number of carbonyl (C=O) groups is 1. The van der Waals surface area contributed by atoms with Crippen molar-refractivity contribution in [3.8, 4) is 5.75 Å². The number of rotatable bonds is 6. The van der Waals surface area contributed by atoms with E-state index in [-0.39, 0.29) is 17.9 Å². The zero-order valence-electron chi connectivity index (χ0n) is 17.0. The summed E-state index contributed by atoms with van der Waals surface area (Å²) < 4.78 is 7.20. The molecule has 0 unspecified atom stereocenters. The smallest absolute Gasteiger partial charge is 0.257 e. The Hall–Kier alpha value is -2.34. The number of hydrogen-bond acceptors (Lipinski definition) is 4. The number of aromatic nitrogens is 2. The lowest BCUT2D eigenvalue weighted by Crippen LogP contribution is -2.36. The zero-order chi connectivity index (χ0) is 19.6. The van der Waals surface area contributed by atoms with Gasteiger partial charge in [-0.3, -0.25) is 9.48 Å². The van der Waals surface area contributed by atoms with Crippen LogP contribution in [-0.2, 0) is 6.54 Å². The minimum absolute atomic E-state index is 0.0812. The molecule has 0 spiro atoms. The van der Waals surface area contributed by atoms with E-state index in [1.54, 1.807) is 13.3 Å². The highest BCUT2D eigenvalue weighted by Gasteiger charge is 2.38. The Morgan fingerprint density at radius 3 is 2.56 bits per heavy atom. The lowest BCUT2D eigenvalue weighted by Gasteiger charge is -2.25. The van der Waals surface area contributed by atoms with Crippen molar-refractivity contribution in [1.29, 1.82) is 0 Å². The molecule has 2 aromatic rings. The maximum Gasteiger partial charge on any atom is 0.257 e. The molecule has 1 aromatic heterocycles. The standard InChI is InChI=1S/C21H30N4O2/c1-6-11-25-15(2)18(12-22-25)21(26)24-13-19(20(14-24)23(3)4)16-7-9-17(27-5)10-8-16/h7-10,12,19-20H,6,11,13-14H2,1-5H3/t19-,20+/m0/s1. The van der Waals surface area contributed by atoms with Gasteiger partial charge < -0.3 is 14.5 Å². The number of nitrogens with zero attached hydrogens (tertiary/aromatic N) is 4. The molecule has 2 atom stereocenters. The largest absolute Gasteiger partial charge is 0.497 e. The van der Waals surface area contributed by atoms with Crippen molar-refractivity contribution in [1.82, 2.24) is 19.6 Å². The van der Waals surface area contributed by atoms with E-state index in [4.69, 9.17) is 4.74 Å². The normalized spacial score (nSPS) is 19.7. The van der Waals surface area contributed by atoms with Crippen LogP contribution < -0.4 is 4.74 Å². The fraction of sp³-hybridized carbons (Fsp3) is 0.524. The topological polar surface area (TPSA) is 50.6 Å². The van der Waals surface area contributed by atoms with Gasteiger partial charge in [0.25, 0.3) is 5.91 Å². The van der Waals surface area contributed by atoms with E-state index in [1.807, 2.05) is 28.6 Å². The van der Waals surface area contributed by atoms with Crippen molar-refractivity contribution in [3.05, 3.63) is 47.3 Å². The van der Waals surface area contributed by atoms with Gasteiger partial charge in [-0.05, 0) is 45.1 Å². The molecule has 6 nitrogen and oxygen atoms in total. The van der Waals surface area contributed by atoms with Gasteiger partial charge in [-0.15, -0.1) is 0 Å². The maximum atomic E-state index is 13.2. The van der Waals surface area contributed by atoms with Crippen LogP contribution in [0.1, 0.15) is 40.9 Å². The highest BCUT2D eigenvalue weighted by atomic mass is 16.5. The molecule has 1 fully saturated rings. The second-order valence-electron chi connectivity index (χ2n) is 7.49. The molecule has 2 heterocycles. The molecule has 1 amide bonds. The van der Waals surface area contributed by atoms with E-state index in [1.165, 1.54) is 5.56 Å². The third-order valence-electron chi connectivity index (χ3n) is 5.55. The van der Waals surface area contributed by atoms with Crippen LogP contribution in [0.3, 0.4) is 0 Å². The number of benzene rings is 1. The first-order valence-corrected chi connectivity index (χ1v) is 9.58. The Morgan fingerprint density at radius 2 is 1.96 bits per heavy atom. The van der Waals surface area contributed by atoms with E-state index in [0.717, 1.165) is 36.5 Å². The number of amides is 1. The van der Waals surface area contributed by atoms with Crippen LogP contribution >= 0.6 is 0 Å². The predicted octanol–water partition coefficient (Wildman–Crippen LogP) is 2.78. The Labute approximate surface area is 161 Å². The van der Waals surface area contributed by atoms with E-state index < -0.39 is 0 Å². The summed E-state index contributed by atoms with van der Waals surface area (Å²) in [5.74, 6) is 1.21. The zero-order valence-corrected chi connectivity index (χ0v) is 17.0. The summed E-state index contributed by atoms with van der Waals surface area (Å²) in [4.78, 5) is 17.4. The highest BCUT2D eigenvalue weighted by molar-refractivity contribution is 5.95. The van der Waals surface area contributed by atoms with Gasteiger partial charge in [0.05, 0.1) is 18.9 Å². The summed E-state index contributed by atoms with van der Waals surface area (Å²) in [6.07, 6.45) is 2.72. The van der Waals surface area contributed by atoms with E-state index >= 15 is 0 Å². The van der Waals surface area contributed by atoms with Crippen molar-refractivity contribution in [3.63, 3.8) is 0 Å². The van der Waals surface area contributed by atoms with Crippen molar-refractivity contribution in [2.75, 3.05) is 34.3 Å².